The van der Waals surface area contributed by atoms with Gasteiger partial charge in [-0.05, 0) is 37.1 Å². The summed E-state index contributed by atoms with van der Waals surface area (Å²) in [6.07, 6.45) is 1.86. The van der Waals surface area contributed by atoms with E-state index in [9.17, 15) is 13.5 Å². The highest BCUT2D eigenvalue weighted by molar-refractivity contribution is 7.89. The molecular formula is C15H19NO4S. The Morgan fingerprint density at radius 1 is 1.24 bits per heavy atom. The SMILES string of the molecule is O=S(=O)(c1ccc(C#CCCO)cc1)N1CCCC1CO. The van der Waals surface area contributed by atoms with Crippen LogP contribution in [0.15, 0.2) is 29.2 Å². The molecular weight excluding hydrogens is 290 g/mol. The second-order valence-corrected chi connectivity index (χ2v) is 6.78. The second kappa shape index (κ2) is 7.05. The third-order valence-corrected chi connectivity index (χ3v) is 5.43. The molecule has 1 fully saturated rings. The first-order chi connectivity index (χ1) is 10.1. The van der Waals surface area contributed by atoms with E-state index in [1.165, 1.54) is 16.4 Å². The first-order valence-electron chi connectivity index (χ1n) is 6.92. The van der Waals surface area contributed by atoms with Crippen molar-refractivity contribution in [2.75, 3.05) is 19.8 Å². The number of hydrogen-bond donors (Lipinski definition) is 2. The number of benzene rings is 1. The molecule has 1 heterocycles. The van der Waals surface area contributed by atoms with Gasteiger partial charge in [-0.15, -0.1) is 0 Å². The van der Waals surface area contributed by atoms with Crippen molar-refractivity contribution >= 4 is 10.0 Å². The highest BCUT2D eigenvalue weighted by Crippen LogP contribution is 2.25. The number of rotatable bonds is 4. The summed E-state index contributed by atoms with van der Waals surface area (Å²) in [6, 6.07) is 6.05. The lowest BCUT2D eigenvalue weighted by Gasteiger charge is -2.22. The third kappa shape index (κ3) is 3.63. The summed E-state index contributed by atoms with van der Waals surface area (Å²) in [4.78, 5) is 0.218. The van der Waals surface area contributed by atoms with Crippen LogP contribution in [-0.2, 0) is 10.0 Å². The van der Waals surface area contributed by atoms with Crippen LogP contribution < -0.4 is 0 Å². The average Bonchev–Trinajstić information content (AvgIpc) is 2.97. The molecule has 0 aromatic heterocycles. The third-order valence-electron chi connectivity index (χ3n) is 3.46. The Labute approximate surface area is 125 Å². The predicted octanol–water partition coefficient (Wildman–Crippen LogP) is 0.566. The van der Waals surface area contributed by atoms with E-state index < -0.39 is 10.0 Å². The maximum atomic E-state index is 12.5. The summed E-state index contributed by atoms with van der Waals surface area (Å²) >= 11 is 0. The van der Waals surface area contributed by atoms with Crippen molar-refractivity contribution in [2.24, 2.45) is 0 Å². The highest BCUT2D eigenvalue weighted by atomic mass is 32.2. The van der Waals surface area contributed by atoms with Gasteiger partial charge in [0.05, 0.1) is 18.1 Å². The molecule has 2 N–H and O–H groups in total. The Morgan fingerprint density at radius 2 is 1.95 bits per heavy atom. The predicted molar refractivity (Wildman–Crippen MR) is 79.0 cm³/mol. The topological polar surface area (TPSA) is 77.8 Å². The normalized spacial score (nSPS) is 19.2. The maximum Gasteiger partial charge on any atom is 0.243 e. The molecule has 1 atom stereocenters. The van der Waals surface area contributed by atoms with E-state index in [1.54, 1.807) is 12.1 Å². The van der Waals surface area contributed by atoms with Crippen LogP contribution in [0.3, 0.4) is 0 Å². The van der Waals surface area contributed by atoms with Crippen LogP contribution in [0.25, 0.3) is 0 Å². The van der Waals surface area contributed by atoms with E-state index in [2.05, 4.69) is 11.8 Å². The van der Waals surface area contributed by atoms with Crippen molar-refractivity contribution < 1.29 is 18.6 Å². The van der Waals surface area contributed by atoms with Crippen LogP contribution >= 0.6 is 0 Å². The molecule has 1 aliphatic heterocycles. The van der Waals surface area contributed by atoms with Gasteiger partial charge in [-0.1, -0.05) is 11.8 Å². The molecule has 1 aromatic carbocycles. The molecule has 0 spiro atoms. The number of aliphatic hydroxyl groups is 2. The van der Waals surface area contributed by atoms with Crippen LogP contribution in [0.5, 0.6) is 0 Å². The van der Waals surface area contributed by atoms with Gasteiger partial charge in [0.2, 0.25) is 10.0 Å². The largest absolute Gasteiger partial charge is 0.395 e. The van der Waals surface area contributed by atoms with Crippen LogP contribution in [0.2, 0.25) is 0 Å². The van der Waals surface area contributed by atoms with Crippen molar-refractivity contribution in [3.05, 3.63) is 29.8 Å². The quantitative estimate of drug-likeness (QED) is 0.797. The summed E-state index contributed by atoms with van der Waals surface area (Å²) in [5, 5.41) is 17.9. The molecule has 0 saturated carbocycles. The molecule has 1 aromatic rings. The van der Waals surface area contributed by atoms with E-state index in [0.29, 0.717) is 24.9 Å². The molecule has 0 bridgehead atoms. The van der Waals surface area contributed by atoms with E-state index >= 15 is 0 Å². The molecule has 0 radical (unpaired) electrons. The Hall–Kier alpha value is -1.39. The van der Waals surface area contributed by atoms with E-state index in [0.717, 1.165) is 6.42 Å². The van der Waals surface area contributed by atoms with Gasteiger partial charge >= 0.3 is 0 Å². The van der Waals surface area contributed by atoms with Crippen molar-refractivity contribution in [2.45, 2.75) is 30.2 Å². The van der Waals surface area contributed by atoms with Crippen LogP contribution in [-0.4, -0.2) is 48.7 Å². The molecule has 1 unspecified atom stereocenters. The molecule has 6 heteroatoms. The van der Waals surface area contributed by atoms with Gasteiger partial charge < -0.3 is 10.2 Å². The summed E-state index contributed by atoms with van der Waals surface area (Å²) in [6.45, 7) is 0.312. The van der Waals surface area contributed by atoms with Gasteiger partial charge in [0.1, 0.15) is 0 Å². The first-order valence-corrected chi connectivity index (χ1v) is 8.36. The lowest BCUT2D eigenvalue weighted by atomic mass is 10.2. The molecule has 0 amide bonds. The molecule has 5 nitrogen and oxygen atoms in total. The molecule has 21 heavy (non-hydrogen) atoms. The van der Waals surface area contributed by atoms with Crippen molar-refractivity contribution in [3.8, 4) is 11.8 Å². The standard InChI is InChI=1S/C15H19NO4S/c17-11-2-1-4-13-6-8-15(9-7-13)21(19,20)16-10-3-5-14(16)12-18/h6-9,14,17-18H,2-3,5,10-12H2. The molecule has 1 aliphatic rings. The van der Waals surface area contributed by atoms with E-state index in [1.807, 2.05) is 0 Å². The maximum absolute atomic E-state index is 12.5. The fraction of sp³-hybridized carbons (Fsp3) is 0.467. The van der Waals surface area contributed by atoms with Gasteiger partial charge in [-0.3, -0.25) is 0 Å². The van der Waals surface area contributed by atoms with Gasteiger partial charge in [0, 0.05) is 24.6 Å². The van der Waals surface area contributed by atoms with Gasteiger partial charge in [-0.25, -0.2) is 8.42 Å². The minimum Gasteiger partial charge on any atom is -0.395 e. The number of sulfonamides is 1. The molecule has 2 rings (SSSR count). The summed E-state index contributed by atoms with van der Waals surface area (Å²) in [5.74, 6) is 5.64. The molecule has 1 saturated heterocycles. The Balaban J connectivity index is 2.20. The van der Waals surface area contributed by atoms with Gasteiger partial charge in [0.15, 0.2) is 0 Å². The zero-order valence-corrected chi connectivity index (χ0v) is 12.5. The number of nitrogens with zero attached hydrogens (tertiary/aromatic N) is 1. The fourth-order valence-corrected chi connectivity index (χ4v) is 4.06. The summed E-state index contributed by atoms with van der Waals surface area (Å²) < 4.78 is 26.4. The van der Waals surface area contributed by atoms with Gasteiger partial charge in [0.25, 0.3) is 0 Å². The molecule has 114 valence electrons. The number of aliphatic hydroxyl groups excluding tert-OH is 2. The second-order valence-electron chi connectivity index (χ2n) is 4.89. The Morgan fingerprint density at radius 3 is 2.57 bits per heavy atom. The minimum atomic E-state index is -3.56. The Kier molecular flexibility index (Phi) is 5.37. The minimum absolute atomic E-state index is 0.0109. The molecule has 0 aliphatic carbocycles. The number of hydrogen-bond acceptors (Lipinski definition) is 4. The van der Waals surface area contributed by atoms with E-state index in [4.69, 9.17) is 5.11 Å². The zero-order chi connectivity index (χ0) is 15.3. The Bertz CT molecular complexity index is 628. The lowest BCUT2D eigenvalue weighted by molar-refractivity contribution is 0.213. The summed E-state index contributed by atoms with van der Waals surface area (Å²) in [7, 11) is -3.56. The monoisotopic (exact) mass is 309 g/mol. The zero-order valence-electron chi connectivity index (χ0n) is 11.7. The van der Waals surface area contributed by atoms with E-state index in [-0.39, 0.29) is 24.2 Å². The average molecular weight is 309 g/mol. The van der Waals surface area contributed by atoms with Crippen molar-refractivity contribution in [3.63, 3.8) is 0 Å². The lowest BCUT2D eigenvalue weighted by Crippen LogP contribution is -2.37. The first kappa shape index (κ1) is 16.0. The van der Waals surface area contributed by atoms with Crippen LogP contribution in [0.4, 0.5) is 0 Å². The summed E-state index contributed by atoms with van der Waals surface area (Å²) in [5.41, 5.74) is 0.711. The van der Waals surface area contributed by atoms with Gasteiger partial charge in [-0.2, -0.15) is 4.31 Å². The smallest absolute Gasteiger partial charge is 0.243 e. The van der Waals surface area contributed by atoms with Crippen LogP contribution in [0, 0.1) is 11.8 Å². The highest BCUT2D eigenvalue weighted by Gasteiger charge is 2.34. The van der Waals surface area contributed by atoms with Crippen molar-refractivity contribution in [1.82, 2.24) is 4.31 Å². The fourth-order valence-electron chi connectivity index (χ4n) is 2.37. The van der Waals surface area contributed by atoms with Crippen LogP contribution in [0.1, 0.15) is 24.8 Å². The van der Waals surface area contributed by atoms with Crippen molar-refractivity contribution in [1.29, 1.82) is 0 Å².